The zero-order valence-electron chi connectivity index (χ0n) is 36.2. The van der Waals surface area contributed by atoms with Crippen LogP contribution in [-0.4, -0.2) is 0 Å². The fraction of sp³-hybridized carbons (Fsp3) is 0.276. The lowest BCUT2D eigenvalue weighted by Gasteiger charge is -2.26. The first-order valence-corrected chi connectivity index (χ1v) is 21.7. The molecule has 59 heavy (non-hydrogen) atoms. The topological polar surface area (TPSA) is 3.24 Å². The smallest absolute Gasteiger partial charge is 0.0462 e. The van der Waals surface area contributed by atoms with Gasteiger partial charge in [-0.1, -0.05) is 181 Å². The van der Waals surface area contributed by atoms with Crippen LogP contribution in [0.3, 0.4) is 0 Å². The highest BCUT2D eigenvalue weighted by Gasteiger charge is 2.30. The Labute approximate surface area is 354 Å². The Morgan fingerprint density at radius 3 is 1.64 bits per heavy atom. The predicted octanol–water partition coefficient (Wildman–Crippen LogP) is 16.0. The number of fused-ring (bicyclic) bond motifs is 2. The highest BCUT2D eigenvalue weighted by molar-refractivity contribution is 5.80. The number of hydrogen-bond acceptors (Lipinski definition) is 1. The molecule has 0 atom stereocenters. The van der Waals surface area contributed by atoms with Gasteiger partial charge in [0.1, 0.15) is 0 Å². The molecule has 0 saturated heterocycles. The van der Waals surface area contributed by atoms with Crippen LogP contribution in [0.2, 0.25) is 0 Å². The molecule has 3 aliphatic carbocycles. The van der Waals surface area contributed by atoms with Crippen LogP contribution >= 0.6 is 0 Å². The van der Waals surface area contributed by atoms with E-state index < -0.39 is 0 Å². The number of rotatable bonds is 9. The van der Waals surface area contributed by atoms with Crippen molar-refractivity contribution in [2.24, 2.45) is 16.2 Å². The van der Waals surface area contributed by atoms with Crippen molar-refractivity contribution in [3.05, 3.63) is 201 Å². The first kappa shape index (κ1) is 40.1. The fourth-order valence-corrected chi connectivity index (χ4v) is 9.45. The first-order valence-electron chi connectivity index (χ1n) is 21.7. The SMILES string of the molecule is C=C1\C=C/C(/C=C/c2ccc(N(c3ccc(/C=C/c4ccc5c(c4)CC(C)(C)C5)cc3)c3ccc(/C=C/c4cccc5c4CC(C)(C)C5)cc3)cc2)=C\CCC(C)(C)C1. The second-order valence-corrected chi connectivity index (χ2v) is 19.7. The number of benzene rings is 5. The van der Waals surface area contributed by atoms with Gasteiger partial charge in [0, 0.05) is 17.1 Å². The second-order valence-electron chi connectivity index (χ2n) is 19.7. The summed E-state index contributed by atoms with van der Waals surface area (Å²) in [5.74, 6) is 0. The van der Waals surface area contributed by atoms with E-state index >= 15 is 0 Å². The lowest BCUT2D eigenvalue weighted by atomic mass is 9.82. The maximum Gasteiger partial charge on any atom is 0.0462 e. The Morgan fingerprint density at radius 1 is 0.475 bits per heavy atom. The van der Waals surface area contributed by atoms with Gasteiger partial charge in [-0.15, -0.1) is 0 Å². The van der Waals surface area contributed by atoms with E-state index in [0.717, 1.165) is 55.6 Å². The Balaban J connectivity index is 1.05. The lowest BCUT2D eigenvalue weighted by Crippen LogP contribution is -2.10. The van der Waals surface area contributed by atoms with E-state index in [-0.39, 0.29) is 5.41 Å². The average molecular weight is 772 g/mol. The van der Waals surface area contributed by atoms with Gasteiger partial charge < -0.3 is 4.90 Å². The minimum Gasteiger partial charge on any atom is -0.311 e. The number of nitrogens with zero attached hydrogens (tertiary/aromatic N) is 1. The number of hydrogen-bond donors (Lipinski definition) is 0. The lowest BCUT2D eigenvalue weighted by molar-refractivity contribution is 0.338. The highest BCUT2D eigenvalue weighted by Crippen LogP contribution is 2.40. The molecule has 0 amide bonds. The van der Waals surface area contributed by atoms with Crippen LogP contribution in [0.25, 0.3) is 30.4 Å². The molecule has 5 aromatic rings. The molecular formula is C58H61N. The van der Waals surface area contributed by atoms with Crippen LogP contribution < -0.4 is 4.90 Å². The van der Waals surface area contributed by atoms with E-state index in [4.69, 9.17) is 0 Å². The van der Waals surface area contributed by atoms with E-state index in [9.17, 15) is 0 Å². The van der Waals surface area contributed by atoms with Gasteiger partial charge in [0.2, 0.25) is 0 Å². The van der Waals surface area contributed by atoms with Crippen molar-refractivity contribution in [1.82, 2.24) is 0 Å². The molecule has 3 aliphatic rings. The molecule has 0 aromatic heterocycles. The van der Waals surface area contributed by atoms with Gasteiger partial charge in [-0.25, -0.2) is 0 Å². The van der Waals surface area contributed by atoms with Gasteiger partial charge in [-0.3, -0.25) is 0 Å². The monoisotopic (exact) mass is 771 g/mol. The fourth-order valence-electron chi connectivity index (χ4n) is 9.45. The summed E-state index contributed by atoms with van der Waals surface area (Å²) >= 11 is 0. The summed E-state index contributed by atoms with van der Waals surface area (Å²) in [7, 11) is 0. The summed E-state index contributed by atoms with van der Waals surface area (Å²) in [6, 6.07) is 40.6. The van der Waals surface area contributed by atoms with Crippen LogP contribution in [0.4, 0.5) is 17.1 Å². The molecule has 0 heterocycles. The third-order valence-corrected chi connectivity index (χ3v) is 12.5. The minimum atomic E-state index is 0.270. The highest BCUT2D eigenvalue weighted by atomic mass is 15.1. The molecule has 0 N–H and O–H groups in total. The van der Waals surface area contributed by atoms with Gasteiger partial charge in [0.25, 0.3) is 0 Å². The summed E-state index contributed by atoms with van der Waals surface area (Å²) < 4.78 is 0. The van der Waals surface area contributed by atoms with E-state index in [1.165, 1.54) is 67.6 Å². The van der Waals surface area contributed by atoms with Crippen LogP contribution in [0, 0.1) is 16.2 Å². The van der Waals surface area contributed by atoms with Crippen molar-refractivity contribution in [3.63, 3.8) is 0 Å². The van der Waals surface area contributed by atoms with Gasteiger partial charge >= 0.3 is 0 Å². The summed E-state index contributed by atoms with van der Waals surface area (Å²) in [6.07, 6.45) is 28.2. The second kappa shape index (κ2) is 16.5. The van der Waals surface area contributed by atoms with Gasteiger partial charge in [0.15, 0.2) is 0 Å². The maximum absolute atomic E-state index is 4.32. The molecule has 1 heteroatoms. The van der Waals surface area contributed by atoms with Crippen LogP contribution in [0.15, 0.2) is 151 Å². The molecule has 8 rings (SSSR count). The quantitative estimate of drug-likeness (QED) is 0.135. The molecule has 5 aromatic carbocycles. The third kappa shape index (κ3) is 9.97. The molecule has 0 radical (unpaired) electrons. The molecule has 0 aliphatic heterocycles. The van der Waals surface area contributed by atoms with Crippen molar-refractivity contribution in [3.8, 4) is 0 Å². The third-order valence-electron chi connectivity index (χ3n) is 12.5. The molecule has 0 bridgehead atoms. The average Bonchev–Trinajstić information content (AvgIpc) is 3.72. The van der Waals surface area contributed by atoms with Gasteiger partial charge in [0.05, 0.1) is 0 Å². The van der Waals surface area contributed by atoms with Crippen LogP contribution in [-0.2, 0) is 25.7 Å². The molecule has 0 fully saturated rings. The van der Waals surface area contributed by atoms with E-state index in [0.29, 0.717) is 10.8 Å². The molecule has 0 unspecified atom stereocenters. The van der Waals surface area contributed by atoms with E-state index in [2.05, 4.69) is 217 Å². The van der Waals surface area contributed by atoms with Gasteiger partial charge in [-0.05, 0) is 153 Å². The van der Waals surface area contributed by atoms with Crippen molar-refractivity contribution in [2.45, 2.75) is 86.5 Å². The summed E-state index contributed by atoms with van der Waals surface area (Å²) in [4.78, 5) is 2.36. The Kier molecular flexibility index (Phi) is 11.2. The Bertz CT molecular complexity index is 2470. The summed E-state index contributed by atoms with van der Waals surface area (Å²) in [5, 5.41) is 0. The summed E-state index contributed by atoms with van der Waals surface area (Å²) in [6.45, 7) is 18.5. The van der Waals surface area contributed by atoms with Crippen LogP contribution in [0.5, 0.6) is 0 Å². The first-order chi connectivity index (χ1) is 28.3. The minimum absolute atomic E-state index is 0.270. The van der Waals surface area contributed by atoms with Crippen molar-refractivity contribution >= 4 is 47.4 Å². The normalized spacial score (nSPS) is 19.6. The molecule has 298 valence electrons. The molecular weight excluding hydrogens is 711 g/mol. The maximum atomic E-state index is 4.32. The zero-order valence-corrected chi connectivity index (χ0v) is 36.2. The molecule has 1 nitrogen and oxygen atoms in total. The van der Waals surface area contributed by atoms with Crippen molar-refractivity contribution in [1.29, 1.82) is 0 Å². The van der Waals surface area contributed by atoms with E-state index in [1.54, 1.807) is 0 Å². The largest absolute Gasteiger partial charge is 0.311 e. The Hall–Kier alpha value is -5.66. The predicted molar refractivity (Wildman–Crippen MR) is 257 cm³/mol. The zero-order chi connectivity index (χ0) is 41.2. The molecule has 0 saturated carbocycles. The number of allylic oxidation sites excluding steroid dienone is 6. The molecule has 0 spiro atoms. The van der Waals surface area contributed by atoms with E-state index in [1.807, 2.05) is 0 Å². The Morgan fingerprint density at radius 2 is 1.00 bits per heavy atom. The summed E-state index contributed by atoms with van der Waals surface area (Å²) in [5.41, 5.74) is 18.9. The van der Waals surface area contributed by atoms with Crippen molar-refractivity contribution < 1.29 is 0 Å². The number of anilines is 3. The van der Waals surface area contributed by atoms with Crippen LogP contribution in [0.1, 0.15) is 111 Å². The standard InChI is InChI=1S/C58H61N/c1-42-13-14-43(10-9-35-56(2,3)37-42)15-16-44-21-29-52(30-22-44)59(53-31-23-45(24-32-53)17-18-47-20-28-49-38-57(4,5)40-51(49)36-47)54-33-25-46(26-34-54)19-27-48-11-8-12-50-39-58(6,7)41-55(48)50/h8,10-34,36H,1,9,35,37-41H2,2-7H3/b14-13-,16-15+,18-17+,27-19+,43-10+. The van der Waals surface area contributed by atoms with Gasteiger partial charge in [-0.2, -0.15) is 0 Å². The van der Waals surface area contributed by atoms with Crippen molar-refractivity contribution in [2.75, 3.05) is 4.90 Å².